The predicted octanol–water partition coefficient (Wildman–Crippen LogP) is 7.88. The summed E-state index contributed by atoms with van der Waals surface area (Å²) in [5.74, 6) is -5.56. The van der Waals surface area contributed by atoms with Crippen molar-refractivity contribution in [3.8, 4) is 0 Å². The number of carbonyl (C=O) groups is 4. The van der Waals surface area contributed by atoms with Crippen LogP contribution in [0.15, 0.2) is 61.2 Å². The zero-order valence-corrected chi connectivity index (χ0v) is 30.6. The summed E-state index contributed by atoms with van der Waals surface area (Å²) in [5, 5.41) is 9.79. The van der Waals surface area contributed by atoms with Gasteiger partial charge in [0.15, 0.2) is 5.82 Å². The van der Waals surface area contributed by atoms with Crippen LogP contribution in [-0.2, 0) is 33.4 Å². The molecule has 322 valence electrons. The predicted molar refractivity (Wildman–Crippen MR) is 188 cm³/mol. The van der Waals surface area contributed by atoms with Crippen molar-refractivity contribution in [1.82, 2.24) is 24.8 Å². The number of hydrogen-bond donors (Lipinski definition) is 3. The minimum Gasteiger partial charge on any atom is -0.353 e. The summed E-state index contributed by atoms with van der Waals surface area (Å²) in [6.07, 6.45) is -14.6. The van der Waals surface area contributed by atoms with Crippen molar-refractivity contribution < 1.29 is 71.9 Å². The molecule has 4 aromatic rings. The average molecular weight is 888 g/mol. The van der Waals surface area contributed by atoms with E-state index < -0.39 is 48.1 Å². The second-order valence-electron chi connectivity index (χ2n) is 12.2. The van der Waals surface area contributed by atoms with Crippen LogP contribution in [0.25, 0.3) is 0 Å². The molecule has 13 nitrogen and oxygen atoms in total. The molecule has 1 fully saturated rings. The summed E-state index contributed by atoms with van der Waals surface area (Å²) in [6, 6.07) is 9.71. The van der Waals surface area contributed by atoms with Crippen molar-refractivity contribution in [3.05, 3.63) is 82.9 Å². The zero-order valence-electron chi connectivity index (χ0n) is 29.8. The number of aryl methyl sites for hydroxylation is 2. The Balaban J connectivity index is 0.000000370. The van der Waals surface area contributed by atoms with Crippen LogP contribution in [0, 0.1) is 0 Å². The molecule has 2 amide bonds. The van der Waals surface area contributed by atoms with E-state index in [-0.39, 0.29) is 6.03 Å². The Kier molecular flexibility index (Phi) is 14.5. The third kappa shape index (κ3) is 13.4. The number of piperazine rings is 1. The van der Waals surface area contributed by atoms with E-state index in [9.17, 15) is 67.1 Å². The van der Waals surface area contributed by atoms with Gasteiger partial charge < -0.3 is 25.8 Å². The van der Waals surface area contributed by atoms with Crippen LogP contribution >= 0.6 is 11.6 Å². The van der Waals surface area contributed by atoms with E-state index >= 15 is 0 Å². The highest BCUT2D eigenvalue weighted by Gasteiger charge is 2.54. The van der Waals surface area contributed by atoms with Crippen molar-refractivity contribution in [1.29, 1.82) is 0 Å². The highest BCUT2D eigenvalue weighted by molar-refractivity contribution is 6.41. The number of fused-ring (bicyclic) bond motifs is 6. The van der Waals surface area contributed by atoms with E-state index in [1.54, 1.807) is 17.3 Å². The fraction of sp³-hybridized carbons (Fsp3) is 0.294. The summed E-state index contributed by atoms with van der Waals surface area (Å²) in [7, 11) is 0. The largest absolute Gasteiger partial charge is 0.458 e. The molecule has 6 bridgehead atoms. The summed E-state index contributed by atoms with van der Waals surface area (Å²) in [6.45, 7) is 1.67. The van der Waals surface area contributed by atoms with Crippen LogP contribution in [0.4, 0.5) is 92.1 Å². The number of aldehydes is 1. The molecular formula is C34H26ClF12N9O4. The third-order valence-electron chi connectivity index (χ3n) is 7.91. The van der Waals surface area contributed by atoms with Crippen molar-refractivity contribution >= 4 is 70.1 Å². The van der Waals surface area contributed by atoms with Crippen molar-refractivity contribution in [2.24, 2.45) is 0 Å². The molecule has 0 radical (unpaired) electrons. The van der Waals surface area contributed by atoms with Crippen LogP contribution < -0.4 is 20.9 Å². The first kappa shape index (κ1) is 46.4. The maximum atomic E-state index is 13.3. The van der Waals surface area contributed by atoms with Crippen molar-refractivity contribution in [2.75, 3.05) is 47.0 Å². The maximum Gasteiger partial charge on any atom is 0.458 e. The Hall–Kier alpha value is -6.27. The van der Waals surface area contributed by atoms with Gasteiger partial charge in [-0.1, -0.05) is 11.6 Å². The summed E-state index contributed by atoms with van der Waals surface area (Å²) in [4.78, 5) is 61.8. The number of ketones is 2. The molecule has 5 heterocycles. The molecule has 2 aliphatic heterocycles. The molecule has 26 heteroatoms. The number of hydrogen-bond acceptors (Lipinski definition) is 11. The highest BCUT2D eigenvalue weighted by atomic mass is 35.5. The highest BCUT2D eigenvalue weighted by Crippen LogP contribution is 2.31. The number of urea groups is 1. The van der Waals surface area contributed by atoms with Gasteiger partial charge in [-0.05, 0) is 60.4 Å². The number of benzene rings is 1. The number of pyridine rings is 2. The molecule has 6 rings (SSSR count). The monoisotopic (exact) mass is 887 g/mol. The van der Waals surface area contributed by atoms with E-state index in [2.05, 4.69) is 35.9 Å². The van der Waals surface area contributed by atoms with Gasteiger partial charge in [0, 0.05) is 49.9 Å². The molecule has 0 spiro atoms. The lowest BCUT2D eigenvalue weighted by atomic mass is 10.0. The molecule has 1 saturated heterocycles. The number of halogens is 13. The van der Waals surface area contributed by atoms with E-state index in [1.807, 2.05) is 29.2 Å². The van der Waals surface area contributed by atoms with Gasteiger partial charge in [0.25, 0.3) is 0 Å². The number of anilines is 6. The second-order valence-corrected chi connectivity index (χ2v) is 12.6. The number of nitrogens with zero attached hydrogens (tertiary/aromatic N) is 6. The second kappa shape index (κ2) is 18.8. The SMILES string of the molecule is O=C(C(=O)C(F)(F)F)C(F)(F)F.O=C(Nc1ccc2cc1CCc1cncc(c1)Nc1ncc(Cl)c(n1)N2)N1CCN(c2ccc(C(F)(F)F)cn2)CC1.O=CC(F)(F)F. The van der Waals surface area contributed by atoms with Gasteiger partial charge in [-0.15, -0.1) is 0 Å². The standard InChI is InChI=1S/C28H25ClF3N9O.C4F6O2.C2HF3O/c29-22-16-35-26-37-21-11-17(13-33-15-21)1-2-18-12-20(36-25(22)39-26)4-5-23(18)38-27(42)41-9-7-40(8-10-41)24-6-3-19(14-34-24)28(30,31)32;5-3(6,7)1(11)2(12)4(8,9)10;3-2(4,5)1-6/h3-6,11-16H,1-2,7-10H2,(H,38,42)(H2,35,36,37,39);;1H. The van der Waals surface area contributed by atoms with Crippen molar-refractivity contribution in [3.63, 3.8) is 0 Å². The Morgan fingerprint density at radius 1 is 0.733 bits per heavy atom. The molecule has 0 unspecified atom stereocenters. The lowest BCUT2D eigenvalue weighted by Crippen LogP contribution is -2.50. The topological polar surface area (TPSA) is 162 Å². The number of carbonyl (C=O) groups excluding carboxylic acids is 4. The average Bonchev–Trinajstić information content (AvgIpc) is 3.18. The number of alkyl halides is 12. The molecule has 0 aliphatic carbocycles. The van der Waals surface area contributed by atoms with Crippen LogP contribution in [-0.4, -0.2) is 93.4 Å². The minimum absolute atomic E-state index is 0.258. The van der Waals surface area contributed by atoms with Gasteiger partial charge in [-0.25, -0.2) is 14.8 Å². The lowest BCUT2D eigenvalue weighted by Gasteiger charge is -2.35. The van der Waals surface area contributed by atoms with E-state index in [0.29, 0.717) is 67.3 Å². The smallest absolute Gasteiger partial charge is 0.353 e. The van der Waals surface area contributed by atoms with Gasteiger partial charge in [-0.2, -0.15) is 57.7 Å². The quantitative estimate of drug-likeness (QED) is 0.104. The number of Topliss-reactive ketones (excluding diaryl/α,β-unsaturated/α-hetero) is 2. The number of amides is 2. The first-order chi connectivity index (χ1) is 27.8. The van der Waals surface area contributed by atoms with Gasteiger partial charge in [-0.3, -0.25) is 19.4 Å². The Morgan fingerprint density at radius 2 is 1.37 bits per heavy atom. The molecule has 3 N–H and O–H groups in total. The van der Waals surface area contributed by atoms with Crippen LogP contribution in [0.5, 0.6) is 0 Å². The first-order valence-corrected chi connectivity index (χ1v) is 16.9. The van der Waals surface area contributed by atoms with Gasteiger partial charge in [0.05, 0.1) is 23.6 Å². The molecule has 1 aromatic carbocycles. The molecular weight excluding hydrogens is 862 g/mol. The zero-order chi connectivity index (χ0) is 44.6. The first-order valence-electron chi connectivity index (χ1n) is 16.6. The van der Waals surface area contributed by atoms with E-state index in [0.717, 1.165) is 34.8 Å². The van der Waals surface area contributed by atoms with Crippen molar-refractivity contribution in [2.45, 2.75) is 37.5 Å². The van der Waals surface area contributed by atoms with E-state index in [1.165, 1.54) is 12.3 Å². The normalized spacial score (nSPS) is 14.2. The van der Waals surface area contributed by atoms with Gasteiger partial charge in [0.2, 0.25) is 12.2 Å². The van der Waals surface area contributed by atoms with Crippen LogP contribution in [0.2, 0.25) is 5.02 Å². The van der Waals surface area contributed by atoms with Gasteiger partial charge >= 0.3 is 42.3 Å². The lowest BCUT2D eigenvalue weighted by molar-refractivity contribution is -0.193. The summed E-state index contributed by atoms with van der Waals surface area (Å²) >= 11 is 6.35. The summed E-state index contributed by atoms with van der Waals surface area (Å²) < 4.78 is 137. The molecule has 3 aromatic heterocycles. The molecule has 0 saturated carbocycles. The molecule has 0 atom stereocenters. The third-order valence-corrected chi connectivity index (χ3v) is 8.19. The summed E-state index contributed by atoms with van der Waals surface area (Å²) in [5.41, 5.74) is 3.27. The number of aromatic nitrogens is 4. The van der Waals surface area contributed by atoms with Crippen LogP contribution in [0.1, 0.15) is 16.7 Å². The maximum absolute atomic E-state index is 13.3. The van der Waals surface area contributed by atoms with E-state index in [4.69, 9.17) is 16.4 Å². The Morgan fingerprint density at radius 3 is 1.92 bits per heavy atom. The van der Waals surface area contributed by atoms with Crippen LogP contribution in [0.3, 0.4) is 0 Å². The number of nitrogens with one attached hydrogen (secondary N) is 3. The fourth-order valence-corrected chi connectivity index (χ4v) is 5.22. The Bertz CT molecular complexity index is 2150. The Labute approximate surface area is 334 Å². The fourth-order valence-electron chi connectivity index (χ4n) is 5.08. The minimum atomic E-state index is -5.77. The molecule has 2 aliphatic rings. The number of rotatable bonds is 3. The molecule has 60 heavy (non-hydrogen) atoms. The van der Waals surface area contributed by atoms with Gasteiger partial charge in [0.1, 0.15) is 10.8 Å².